The van der Waals surface area contributed by atoms with Gasteiger partial charge in [-0.1, -0.05) is 0 Å². The van der Waals surface area contributed by atoms with E-state index in [4.69, 9.17) is 4.43 Å². The average molecular weight is 192 g/mol. The van der Waals surface area contributed by atoms with E-state index >= 15 is 0 Å². The molecule has 2 nitrogen and oxygen atoms in total. The molecule has 0 aliphatic rings. The molecule has 0 aliphatic carbocycles. The minimum absolute atomic E-state index is 0.602. The predicted octanol–water partition coefficient (Wildman–Crippen LogP) is 0.933. The van der Waals surface area contributed by atoms with Crippen molar-refractivity contribution in [3.8, 4) is 0 Å². The van der Waals surface area contributed by atoms with Crippen LogP contribution in [0.1, 0.15) is 6.92 Å². The molecule has 0 amide bonds. The van der Waals surface area contributed by atoms with E-state index in [-0.39, 0.29) is 0 Å². The van der Waals surface area contributed by atoms with Crippen molar-refractivity contribution in [2.24, 2.45) is 0 Å². The summed E-state index contributed by atoms with van der Waals surface area (Å²) in [6.07, 6.45) is 0. The van der Waals surface area contributed by atoms with E-state index in [1.54, 1.807) is 0 Å². The third kappa shape index (κ3) is 2.40. The predicted molar refractivity (Wildman–Crippen MR) is 55.6 cm³/mol. The van der Waals surface area contributed by atoms with Crippen LogP contribution in [0.4, 0.5) is 0 Å². The number of rotatable bonds is 4. The van der Waals surface area contributed by atoms with Crippen LogP contribution in [-0.4, -0.2) is 42.7 Å². The minimum Gasteiger partial charge on any atom is -0.430 e. The highest BCUT2D eigenvalue weighted by atomic mass is 28.4. The van der Waals surface area contributed by atoms with Gasteiger partial charge >= 0.3 is 9.20 Å². The van der Waals surface area contributed by atoms with Crippen LogP contribution in [0.15, 0.2) is 0 Å². The molecule has 0 aliphatic heterocycles. The topological polar surface area (TPSA) is 9.23 Å². The standard InChI is InChI=1S/C7H22NOSi2/c1-7-8(2,10(4)5)11(6)9-3/h10-11H,7H2,1-6H3/q+1. The Morgan fingerprint density at radius 3 is 1.82 bits per heavy atom. The number of nitrogens with zero attached hydrogens (tertiary/aromatic N) is 1. The molecule has 4 heteroatoms. The maximum atomic E-state index is 5.51. The van der Waals surface area contributed by atoms with E-state index in [1.807, 2.05) is 7.11 Å². The number of hydrogen-bond donors (Lipinski definition) is 0. The first-order valence-corrected chi connectivity index (χ1v) is 9.33. The van der Waals surface area contributed by atoms with Gasteiger partial charge in [-0.15, -0.1) is 0 Å². The summed E-state index contributed by atoms with van der Waals surface area (Å²) < 4.78 is 6.77. The average Bonchev–Trinajstić information content (AvgIpc) is 2.01. The maximum absolute atomic E-state index is 5.51. The molecule has 0 rings (SSSR count). The quantitative estimate of drug-likeness (QED) is 0.602. The lowest BCUT2D eigenvalue weighted by atomic mass is 10.8. The molecule has 2 atom stereocenters. The van der Waals surface area contributed by atoms with Gasteiger partial charge < -0.3 is 8.24 Å². The zero-order chi connectivity index (χ0) is 9.07. The zero-order valence-corrected chi connectivity index (χ0v) is 11.0. The summed E-state index contributed by atoms with van der Waals surface area (Å²) in [5.41, 5.74) is 0. The molecule has 0 aromatic rings. The third-order valence-electron chi connectivity index (χ3n) is 3.03. The molecule has 0 aromatic carbocycles. The number of quaternary nitrogens is 1. The highest BCUT2D eigenvalue weighted by Crippen LogP contribution is 2.10. The molecule has 0 N–H and O–H groups in total. The normalized spacial score (nSPS) is 19.9. The van der Waals surface area contributed by atoms with Gasteiger partial charge in [-0.3, -0.25) is 0 Å². The van der Waals surface area contributed by atoms with Gasteiger partial charge in [0.25, 0.3) is 0 Å². The second-order valence-corrected chi connectivity index (χ2v) is 10.4. The van der Waals surface area contributed by atoms with Gasteiger partial charge in [-0.2, -0.15) is 0 Å². The first kappa shape index (κ1) is 11.4. The van der Waals surface area contributed by atoms with Crippen LogP contribution in [0, 0.1) is 0 Å². The Kier molecular flexibility index (Phi) is 4.54. The zero-order valence-electron chi connectivity index (χ0n) is 8.72. The van der Waals surface area contributed by atoms with E-state index in [2.05, 4.69) is 33.6 Å². The van der Waals surface area contributed by atoms with Crippen LogP contribution < -0.4 is 0 Å². The monoisotopic (exact) mass is 192 g/mol. The van der Waals surface area contributed by atoms with Gasteiger partial charge in [0.1, 0.15) is 0 Å². The summed E-state index contributed by atoms with van der Waals surface area (Å²) in [6, 6.07) is 0. The smallest absolute Gasteiger partial charge is 0.400 e. The van der Waals surface area contributed by atoms with Crippen LogP contribution in [0.2, 0.25) is 19.6 Å². The van der Waals surface area contributed by atoms with E-state index in [1.165, 1.54) is 10.4 Å². The van der Waals surface area contributed by atoms with Crippen molar-refractivity contribution in [2.45, 2.75) is 26.6 Å². The Balaban J connectivity index is 4.32. The molecule has 0 saturated carbocycles. The first-order chi connectivity index (χ1) is 4.99. The summed E-state index contributed by atoms with van der Waals surface area (Å²) in [6.45, 7) is 10.6. The lowest BCUT2D eigenvalue weighted by Crippen LogP contribution is -2.61. The molecule has 0 fully saturated rings. The van der Waals surface area contributed by atoms with Gasteiger partial charge in [0.15, 0.2) is 0 Å². The van der Waals surface area contributed by atoms with Crippen LogP contribution in [0.25, 0.3) is 0 Å². The molecule has 0 spiro atoms. The van der Waals surface area contributed by atoms with Gasteiger partial charge in [-0.05, 0) is 20.0 Å². The van der Waals surface area contributed by atoms with E-state index in [0.29, 0.717) is 0 Å². The van der Waals surface area contributed by atoms with Crippen molar-refractivity contribution in [3.05, 3.63) is 0 Å². The molecule has 2 unspecified atom stereocenters. The Hall–Kier alpha value is 0.354. The second kappa shape index (κ2) is 4.40. The molecule has 0 radical (unpaired) electrons. The van der Waals surface area contributed by atoms with Crippen molar-refractivity contribution < 1.29 is 8.24 Å². The molecule has 68 valence electrons. The lowest BCUT2D eigenvalue weighted by Gasteiger charge is -2.42. The molecule has 0 heterocycles. The SMILES string of the molecule is CC[N+](C)([SiH](C)C)[SiH](C)OC. The second-order valence-electron chi connectivity index (χ2n) is 3.59. The first-order valence-electron chi connectivity index (χ1n) is 4.36. The van der Waals surface area contributed by atoms with Gasteiger partial charge in [0.2, 0.25) is 8.96 Å². The van der Waals surface area contributed by atoms with Crippen LogP contribution in [0.3, 0.4) is 0 Å². The Bertz CT molecular complexity index is 121. The highest BCUT2D eigenvalue weighted by Gasteiger charge is 2.33. The molecule has 0 saturated heterocycles. The molecule has 0 aromatic heterocycles. The fourth-order valence-electron chi connectivity index (χ4n) is 1.28. The van der Waals surface area contributed by atoms with Crippen molar-refractivity contribution in [2.75, 3.05) is 20.7 Å². The summed E-state index contributed by atoms with van der Waals surface area (Å²) in [7, 11) is 2.65. The summed E-state index contributed by atoms with van der Waals surface area (Å²) in [5.74, 6) is 0. The van der Waals surface area contributed by atoms with Crippen molar-refractivity contribution in [1.29, 1.82) is 0 Å². The fraction of sp³-hybridized carbons (Fsp3) is 1.00. The number of hydrogen-bond acceptors (Lipinski definition) is 1. The van der Waals surface area contributed by atoms with Gasteiger partial charge in [-0.25, -0.2) is 0 Å². The molecule has 0 bridgehead atoms. The van der Waals surface area contributed by atoms with Gasteiger partial charge in [0.05, 0.1) is 0 Å². The van der Waals surface area contributed by atoms with E-state index in [9.17, 15) is 0 Å². The summed E-state index contributed by atoms with van der Waals surface area (Å²) in [5, 5.41) is 0. The largest absolute Gasteiger partial charge is 0.430 e. The van der Waals surface area contributed by atoms with Crippen LogP contribution in [0.5, 0.6) is 0 Å². The highest BCUT2D eigenvalue weighted by molar-refractivity contribution is 6.59. The Morgan fingerprint density at radius 2 is 1.73 bits per heavy atom. The summed E-state index contributed by atoms with van der Waals surface area (Å²) >= 11 is 0. The van der Waals surface area contributed by atoms with Crippen LogP contribution >= 0.6 is 0 Å². The van der Waals surface area contributed by atoms with E-state index in [0.717, 1.165) is 0 Å². The summed E-state index contributed by atoms with van der Waals surface area (Å²) in [4.78, 5) is 0. The fourth-order valence-corrected chi connectivity index (χ4v) is 6.73. The molecule has 11 heavy (non-hydrogen) atoms. The molecular formula is C7H22NOSi2+. The third-order valence-corrected chi connectivity index (χ3v) is 11.5. The minimum atomic E-state index is -0.970. The van der Waals surface area contributed by atoms with Crippen molar-refractivity contribution in [1.82, 2.24) is 0 Å². The van der Waals surface area contributed by atoms with Crippen LogP contribution in [-0.2, 0) is 4.43 Å². The maximum Gasteiger partial charge on any atom is 0.400 e. The van der Waals surface area contributed by atoms with E-state index < -0.39 is 18.2 Å². The Labute approximate surface area is 74.3 Å². The van der Waals surface area contributed by atoms with Crippen molar-refractivity contribution in [3.63, 3.8) is 0 Å². The lowest BCUT2D eigenvalue weighted by molar-refractivity contribution is -0.699. The Morgan fingerprint density at radius 1 is 1.27 bits per heavy atom. The molecular weight excluding hydrogens is 170 g/mol. The van der Waals surface area contributed by atoms with Gasteiger partial charge in [0, 0.05) is 27.2 Å². The van der Waals surface area contributed by atoms with Crippen molar-refractivity contribution >= 4 is 18.2 Å².